The lowest BCUT2D eigenvalue weighted by Crippen LogP contribution is -2.44. The molecule has 1 aliphatic heterocycles. The summed E-state index contributed by atoms with van der Waals surface area (Å²) in [6, 6.07) is 7.32. The summed E-state index contributed by atoms with van der Waals surface area (Å²) >= 11 is 3.36. The van der Waals surface area contributed by atoms with Crippen LogP contribution in [0.25, 0.3) is 0 Å². The molecular formula is C13H14BrNO2. The largest absolute Gasteiger partial charge is 0.278 e. The van der Waals surface area contributed by atoms with Gasteiger partial charge in [0.25, 0.3) is 5.91 Å². The third-order valence-corrected chi connectivity index (χ3v) is 4.00. The van der Waals surface area contributed by atoms with Gasteiger partial charge >= 0.3 is 0 Å². The number of fused-ring (bicyclic) bond motifs is 1. The molecule has 0 aromatic heterocycles. The molecule has 0 saturated carbocycles. The summed E-state index contributed by atoms with van der Waals surface area (Å²) in [7, 11) is 0. The smallest absolute Gasteiger partial charge is 0.260 e. The van der Waals surface area contributed by atoms with E-state index in [1.54, 1.807) is 6.07 Å². The van der Waals surface area contributed by atoms with Crippen LogP contribution in [-0.2, 0) is 11.2 Å². The van der Waals surface area contributed by atoms with E-state index in [1.165, 1.54) is 4.90 Å². The van der Waals surface area contributed by atoms with Crippen LogP contribution in [0.4, 0.5) is 0 Å². The van der Waals surface area contributed by atoms with Crippen molar-refractivity contribution in [2.75, 3.05) is 11.9 Å². The van der Waals surface area contributed by atoms with Crippen LogP contribution in [-0.4, -0.2) is 28.6 Å². The molecule has 1 aliphatic rings. The molecule has 4 heteroatoms. The highest BCUT2D eigenvalue weighted by Crippen LogP contribution is 2.20. The lowest BCUT2D eigenvalue weighted by Gasteiger charge is -2.28. The predicted molar refractivity (Wildman–Crippen MR) is 69.1 cm³/mol. The van der Waals surface area contributed by atoms with Gasteiger partial charge in [-0.15, -0.1) is 0 Å². The Balaban J connectivity index is 2.27. The number of carbonyl (C=O) groups excluding carboxylic acids is 2. The Labute approximate surface area is 109 Å². The molecule has 3 nitrogen and oxygen atoms in total. The molecule has 0 aliphatic carbocycles. The molecule has 1 unspecified atom stereocenters. The fourth-order valence-electron chi connectivity index (χ4n) is 1.95. The first kappa shape index (κ1) is 12.3. The predicted octanol–water partition coefficient (Wildman–Crippen LogP) is 2.24. The summed E-state index contributed by atoms with van der Waals surface area (Å²) < 4.78 is 0. The van der Waals surface area contributed by atoms with Gasteiger partial charge in [-0.2, -0.15) is 0 Å². The van der Waals surface area contributed by atoms with E-state index in [4.69, 9.17) is 0 Å². The topological polar surface area (TPSA) is 37.4 Å². The summed E-state index contributed by atoms with van der Waals surface area (Å²) in [5.41, 5.74) is 1.50. The number of rotatable bonds is 3. The van der Waals surface area contributed by atoms with Crippen molar-refractivity contribution >= 4 is 27.7 Å². The standard InChI is InChI=1S/C13H14BrNO2/c1-9(7-14)8-15-12(16)6-10-4-2-3-5-11(10)13(15)17/h2-5,9H,6-8H2,1H3. The Morgan fingerprint density at radius 3 is 2.76 bits per heavy atom. The van der Waals surface area contributed by atoms with Gasteiger partial charge in [0, 0.05) is 17.4 Å². The third kappa shape index (κ3) is 2.41. The Hall–Kier alpha value is -1.16. The summed E-state index contributed by atoms with van der Waals surface area (Å²) in [5, 5.41) is 0.783. The molecule has 2 rings (SSSR count). The van der Waals surface area contributed by atoms with Gasteiger partial charge in [-0.1, -0.05) is 41.1 Å². The quantitative estimate of drug-likeness (QED) is 0.633. The van der Waals surface area contributed by atoms with Crippen molar-refractivity contribution in [3.8, 4) is 0 Å². The minimum absolute atomic E-state index is 0.0958. The maximum absolute atomic E-state index is 12.2. The van der Waals surface area contributed by atoms with E-state index in [-0.39, 0.29) is 17.7 Å². The minimum atomic E-state index is -0.162. The first-order valence-electron chi connectivity index (χ1n) is 5.62. The van der Waals surface area contributed by atoms with E-state index in [9.17, 15) is 9.59 Å². The summed E-state index contributed by atoms with van der Waals surface area (Å²) in [4.78, 5) is 25.4. The van der Waals surface area contributed by atoms with Gasteiger partial charge in [0.15, 0.2) is 0 Å². The number of alkyl halides is 1. The Morgan fingerprint density at radius 2 is 2.06 bits per heavy atom. The van der Waals surface area contributed by atoms with Gasteiger partial charge in [0.05, 0.1) is 6.42 Å². The molecular weight excluding hydrogens is 282 g/mol. The lowest BCUT2D eigenvalue weighted by molar-refractivity contribution is -0.128. The van der Waals surface area contributed by atoms with Gasteiger partial charge < -0.3 is 0 Å². The Kier molecular flexibility index (Phi) is 3.62. The zero-order valence-corrected chi connectivity index (χ0v) is 11.2. The van der Waals surface area contributed by atoms with Crippen molar-refractivity contribution in [3.63, 3.8) is 0 Å². The lowest BCUT2D eigenvalue weighted by atomic mass is 9.98. The van der Waals surface area contributed by atoms with Crippen LogP contribution < -0.4 is 0 Å². The fraction of sp³-hybridized carbons (Fsp3) is 0.385. The average Bonchev–Trinajstić information content (AvgIpc) is 2.34. The number of nitrogens with zero attached hydrogens (tertiary/aromatic N) is 1. The fourth-order valence-corrected chi connectivity index (χ4v) is 2.15. The van der Waals surface area contributed by atoms with Crippen molar-refractivity contribution in [1.82, 2.24) is 4.90 Å². The summed E-state index contributed by atoms with van der Waals surface area (Å²) in [5.74, 6) is 0.0133. The van der Waals surface area contributed by atoms with E-state index in [0.29, 0.717) is 18.5 Å². The van der Waals surface area contributed by atoms with E-state index < -0.39 is 0 Å². The molecule has 1 aromatic carbocycles. The minimum Gasteiger partial charge on any atom is -0.278 e. The molecule has 0 bridgehead atoms. The van der Waals surface area contributed by atoms with Crippen LogP contribution in [0.5, 0.6) is 0 Å². The molecule has 0 fully saturated rings. The molecule has 1 heterocycles. The zero-order chi connectivity index (χ0) is 12.4. The SMILES string of the molecule is CC(CBr)CN1C(=O)Cc2ccccc2C1=O. The van der Waals surface area contributed by atoms with Crippen LogP contribution in [0.3, 0.4) is 0 Å². The Bertz CT molecular complexity index is 458. The number of hydrogen-bond donors (Lipinski definition) is 0. The molecule has 1 atom stereocenters. The van der Waals surface area contributed by atoms with Crippen molar-refractivity contribution in [2.45, 2.75) is 13.3 Å². The summed E-state index contributed by atoms with van der Waals surface area (Å²) in [6.07, 6.45) is 0.330. The van der Waals surface area contributed by atoms with Crippen molar-refractivity contribution in [1.29, 1.82) is 0 Å². The van der Waals surface area contributed by atoms with E-state index in [2.05, 4.69) is 15.9 Å². The number of halogens is 1. The van der Waals surface area contributed by atoms with E-state index >= 15 is 0 Å². The first-order valence-corrected chi connectivity index (χ1v) is 6.74. The van der Waals surface area contributed by atoms with Crippen LogP contribution in [0, 0.1) is 5.92 Å². The van der Waals surface area contributed by atoms with Crippen LogP contribution in [0.15, 0.2) is 24.3 Å². The molecule has 17 heavy (non-hydrogen) atoms. The number of imide groups is 1. The Morgan fingerprint density at radius 1 is 1.35 bits per heavy atom. The van der Waals surface area contributed by atoms with Crippen molar-refractivity contribution < 1.29 is 9.59 Å². The molecule has 0 spiro atoms. The summed E-state index contributed by atoms with van der Waals surface area (Å²) in [6.45, 7) is 2.49. The molecule has 0 N–H and O–H groups in total. The molecule has 2 amide bonds. The maximum atomic E-state index is 12.2. The van der Waals surface area contributed by atoms with Gasteiger partial charge in [-0.3, -0.25) is 14.5 Å². The second kappa shape index (κ2) is 5.00. The van der Waals surface area contributed by atoms with Gasteiger partial charge in [-0.25, -0.2) is 0 Å². The maximum Gasteiger partial charge on any atom is 0.260 e. The van der Waals surface area contributed by atoms with Crippen molar-refractivity contribution in [3.05, 3.63) is 35.4 Å². The van der Waals surface area contributed by atoms with Crippen LogP contribution in [0.2, 0.25) is 0 Å². The molecule has 0 radical (unpaired) electrons. The monoisotopic (exact) mass is 295 g/mol. The van der Waals surface area contributed by atoms with Crippen molar-refractivity contribution in [2.24, 2.45) is 5.92 Å². The highest BCUT2D eigenvalue weighted by atomic mass is 79.9. The number of hydrogen-bond acceptors (Lipinski definition) is 2. The second-order valence-corrected chi connectivity index (χ2v) is 5.05. The molecule has 0 saturated heterocycles. The molecule has 90 valence electrons. The normalized spacial score (nSPS) is 16.9. The average molecular weight is 296 g/mol. The first-order chi connectivity index (χ1) is 8.13. The van der Waals surface area contributed by atoms with E-state index in [0.717, 1.165) is 10.9 Å². The molecule has 1 aromatic rings. The number of amides is 2. The van der Waals surface area contributed by atoms with Crippen LogP contribution >= 0.6 is 15.9 Å². The second-order valence-electron chi connectivity index (χ2n) is 4.40. The number of benzene rings is 1. The van der Waals surface area contributed by atoms with Crippen LogP contribution in [0.1, 0.15) is 22.8 Å². The van der Waals surface area contributed by atoms with E-state index in [1.807, 2.05) is 25.1 Å². The van der Waals surface area contributed by atoms with Gasteiger partial charge in [-0.05, 0) is 17.5 Å². The third-order valence-electron chi connectivity index (χ3n) is 2.89. The highest BCUT2D eigenvalue weighted by molar-refractivity contribution is 9.09. The van der Waals surface area contributed by atoms with Gasteiger partial charge in [0.1, 0.15) is 0 Å². The van der Waals surface area contributed by atoms with Gasteiger partial charge in [0.2, 0.25) is 5.91 Å². The highest BCUT2D eigenvalue weighted by Gasteiger charge is 2.30. The number of carbonyl (C=O) groups is 2. The zero-order valence-electron chi connectivity index (χ0n) is 9.65.